The van der Waals surface area contributed by atoms with Crippen LogP contribution in [0.1, 0.15) is 206 Å². The Balaban J connectivity index is 1.84. The fourth-order valence-corrected chi connectivity index (χ4v) is 5.97. The summed E-state index contributed by atoms with van der Waals surface area (Å²) >= 11 is 0. The topological polar surface area (TPSA) is 26.3 Å². The zero-order chi connectivity index (χ0) is 30.2. The van der Waals surface area contributed by atoms with Gasteiger partial charge in [-0.15, -0.1) is 0 Å². The average molecular weight is 585 g/mol. The first kappa shape index (κ1) is 38.7. The molecule has 0 aromatic heterocycles. The molecular weight excluding hydrogens is 512 g/mol. The van der Waals surface area contributed by atoms with E-state index < -0.39 is 0 Å². The van der Waals surface area contributed by atoms with Crippen molar-refractivity contribution >= 4 is 5.97 Å². The summed E-state index contributed by atoms with van der Waals surface area (Å²) in [6, 6.07) is 0. The summed E-state index contributed by atoms with van der Waals surface area (Å²) in [6.45, 7) is 4.52. The Hall–Kier alpha value is -1.31. The van der Waals surface area contributed by atoms with Crippen LogP contribution in [0.3, 0.4) is 0 Å². The van der Waals surface area contributed by atoms with E-state index in [0.29, 0.717) is 0 Å². The van der Waals surface area contributed by atoms with Gasteiger partial charge < -0.3 is 4.74 Å². The Morgan fingerprint density at radius 1 is 0.452 bits per heavy atom. The average Bonchev–Trinajstić information content (AvgIpc) is 2.99. The fourth-order valence-electron chi connectivity index (χ4n) is 5.97. The van der Waals surface area contributed by atoms with E-state index in [2.05, 4.69) is 44.2 Å². The van der Waals surface area contributed by atoms with Crippen LogP contribution in [0.4, 0.5) is 0 Å². The highest BCUT2D eigenvalue weighted by Crippen LogP contribution is 2.32. The monoisotopic (exact) mass is 585 g/mol. The van der Waals surface area contributed by atoms with Gasteiger partial charge in [0.05, 0.1) is 0 Å². The van der Waals surface area contributed by atoms with Gasteiger partial charge in [-0.2, -0.15) is 0 Å². The van der Waals surface area contributed by atoms with Gasteiger partial charge in [-0.05, 0) is 63.9 Å². The molecule has 2 nitrogen and oxygen atoms in total. The highest BCUT2D eigenvalue weighted by molar-refractivity contribution is 5.82. The summed E-state index contributed by atoms with van der Waals surface area (Å²) in [5.41, 5.74) is 0. The van der Waals surface area contributed by atoms with Crippen molar-refractivity contribution in [3.05, 3.63) is 36.1 Å². The quantitative estimate of drug-likeness (QED) is 0.0446. The highest BCUT2D eigenvalue weighted by Gasteiger charge is 2.36. The van der Waals surface area contributed by atoms with Gasteiger partial charge >= 0.3 is 5.97 Å². The van der Waals surface area contributed by atoms with E-state index in [9.17, 15) is 4.79 Å². The Morgan fingerprint density at radius 3 is 1.17 bits per heavy atom. The van der Waals surface area contributed by atoms with Crippen LogP contribution in [-0.4, -0.2) is 5.97 Å². The van der Waals surface area contributed by atoms with E-state index in [1.165, 1.54) is 180 Å². The summed E-state index contributed by atoms with van der Waals surface area (Å²) in [6.07, 6.45) is 51.3. The van der Waals surface area contributed by atoms with Crippen molar-refractivity contribution < 1.29 is 9.53 Å². The number of rotatable bonds is 32. The van der Waals surface area contributed by atoms with Crippen molar-refractivity contribution in [2.75, 3.05) is 0 Å². The lowest BCUT2D eigenvalue weighted by atomic mass is 9.93. The molecule has 1 rings (SSSR count). The molecule has 1 heterocycles. The molecule has 0 spiro atoms. The zero-order valence-electron chi connectivity index (χ0n) is 28.5. The number of unbranched alkanes of at least 4 members (excludes halogenated alkanes) is 25. The number of ether oxygens (including phenoxy) is 1. The molecule has 1 unspecified atom stereocenters. The van der Waals surface area contributed by atoms with Gasteiger partial charge in [0, 0.05) is 0 Å². The second kappa shape index (κ2) is 31.1. The third-order valence-corrected chi connectivity index (χ3v) is 8.91. The Morgan fingerprint density at radius 2 is 0.786 bits per heavy atom. The summed E-state index contributed by atoms with van der Waals surface area (Å²) in [4.78, 5) is 11.9. The molecule has 0 aromatic carbocycles. The van der Waals surface area contributed by atoms with Gasteiger partial charge in [0.15, 0.2) is 0 Å². The number of carbonyl (C=O) groups excluding carboxylic acids is 1. The van der Waals surface area contributed by atoms with Crippen LogP contribution in [-0.2, 0) is 9.53 Å². The minimum Gasteiger partial charge on any atom is -0.430 e. The molecule has 1 saturated heterocycles. The van der Waals surface area contributed by atoms with Gasteiger partial charge in [0.1, 0.15) is 11.7 Å². The van der Waals surface area contributed by atoms with Gasteiger partial charge in [-0.3, -0.25) is 4.79 Å². The molecule has 1 fully saturated rings. The molecule has 0 radical (unpaired) electrons. The second-order valence-electron chi connectivity index (χ2n) is 13.0. The van der Waals surface area contributed by atoms with Crippen molar-refractivity contribution in [1.29, 1.82) is 0 Å². The first-order valence-electron chi connectivity index (χ1n) is 19.0. The van der Waals surface area contributed by atoms with Crippen LogP contribution in [0, 0.1) is 5.92 Å². The van der Waals surface area contributed by atoms with Crippen LogP contribution in [0.5, 0.6) is 0 Å². The number of esters is 1. The normalized spacial score (nSPS) is 16.2. The van der Waals surface area contributed by atoms with E-state index in [-0.39, 0.29) is 11.9 Å². The smallest absolute Gasteiger partial charge is 0.321 e. The summed E-state index contributed by atoms with van der Waals surface area (Å²) < 4.78 is 5.37. The van der Waals surface area contributed by atoms with E-state index >= 15 is 0 Å². The van der Waals surface area contributed by atoms with Crippen LogP contribution in [0.25, 0.3) is 0 Å². The highest BCUT2D eigenvalue weighted by atomic mass is 16.6. The molecular formula is C40H72O2. The van der Waals surface area contributed by atoms with Crippen LogP contribution in [0.15, 0.2) is 36.1 Å². The molecule has 244 valence electrons. The molecule has 1 aliphatic heterocycles. The lowest BCUT2D eigenvalue weighted by Crippen LogP contribution is -2.32. The molecule has 0 saturated carbocycles. The van der Waals surface area contributed by atoms with Crippen LogP contribution >= 0.6 is 0 Å². The Labute approximate surface area is 263 Å². The Kier molecular flexibility index (Phi) is 28.7. The van der Waals surface area contributed by atoms with E-state index in [0.717, 1.165) is 18.6 Å². The fraction of sp³-hybridized carbons (Fsp3) is 0.825. The van der Waals surface area contributed by atoms with Crippen molar-refractivity contribution in [2.45, 2.75) is 206 Å². The van der Waals surface area contributed by atoms with Gasteiger partial charge in [0.2, 0.25) is 0 Å². The SMILES string of the molecule is CCCC/C=C/CCCCCCCCCCCC/C=C1\OC(=O)C1CCCCCCCCCCCC/C=C/CCCC. The van der Waals surface area contributed by atoms with E-state index in [1.807, 2.05) is 0 Å². The minimum atomic E-state index is 0.0149. The molecule has 1 atom stereocenters. The van der Waals surface area contributed by atoms with Crippen LogP contribution < -0.4 is 0 Å². The number of cyclic esters (lactones) is 1. The first-order chi connectivity index (χ1) is 20.8. The largest absolute Gasteiger partial charge is 0.430 e. The first-order valence-corrected chi connectivity index (χ1v) is 19.0. The molecule has 1 aliphatic rings. The van der Waals surface area contributed by atoms with Crippen molar-refractivity contribution in [2.24, 2.45) is 5.92 Å². The Bertz CT molecular complexity index is 673. The van der Waals surface area contributed by atoms with Crippen LogP contribution in [0.2, 0.25) is 0 Å². The second-order valence-corrected chi connectivity index (χ2v) is 13.0. The van der Waals surface area contributed by atoms with Gasteiger partial charge in [-0.1, -0.05) is 173 Å². The van der Waals surface area contributed by atoms with E-state index in [4.69, 9.17) is 4.74 Å². The molecule has 0 N–H and O–H groups in total. The van der Waals surface area contributed by atoms with Gasteiger partial charge in [-0.25, -0.2) is 0 Å². The predicted molar refractivity (Wildman–Crippen MR) is 186 cm³/mol. The van der Waals surface area contributed by atoms with Crippen molar-refractivity contribution in [1.82, 2.24) is 0 Å². The summed E-state index contributed by atoms with van der Waals surface area (Å²) in [5, 5.41) is 0. The minimum absolute atomic E-state index is 0.0149. The third-order valence-electron chi connectivity index (χ3n) is 8.91. The summed E-state index contributed by atoms with van der Waals surface area (Å²) in [7, 11) is 0. The molecule has 2 heteroatoms. The van der Waals surface area contributed by atoms with E-state index in [1.54, 1.807) is 0 Å². The number of hydrogen-bond donors (Lipinski definition) is 0. The number of allylic oxidation sites excluding steroid dienone is 5. The lowest BCUT2D eigenvalue weighted by Gasteiger charge is -2.28. The maximum absolute atomic E-state index is 11.9. The molecule has 0 aliphatic carbocycles. The maximum Gasteiger partial charge on any atom is 0.321 e. The predicted octanol–water partition coefficient (Wildman–Crippen LogP) is 13.9. The molecule has 0 amide bonds. The van der Waals surface area contributed by atoms with Crippen molar-refractivity contribution in [3.63, 3.8) is 0 Å². The maximum atomic E-state index is 11.9. The third kappa shape index (κ3) is 24.2. The van der Waals surface area contributed by atoms with Gasteiger partial charge in [0.25, 0.3) is 0 Å². The zero-order valence-corrected chi connectivity index (χ0v) is 28.5. The number of hydrogen-bond acceptors (Lipinski definition) is 2. The summed E-state index contributed by atoms with van der Waals surface area (Å²) in [5.74, 6) is 1.07. The molecule has 0 bridgehead atoms. The van der Waals surface area contributed by atoms with Crippen molar-refractivity contribution in [3.8, 4) is 0 Å². The lowest BCUT2D eigenvalue weighted by molar-refractivity contribution is -0.157. The number of carbonyl (C=O) groups is 1. The molecule has 0 aromatic rings. The molecule has 42 heavy (non-hydrogen) atoms. The standard InChI is InChI=1S/C40H72O2/c1-3-5-7-9-11-13-15-17-19-21-23-25-27-29-31-33-35-37-39-38(40(41)42-39)36-34-32-30-28-26-24-22-20-18-16-14-12-10-8-6-4-2/h9-12,37-38H,3-8,13-36H2,1-2H3/b11-9+,12-10+,39-37-.